The van der Waals surface area contributed by atoms with Crippen molar-refractivity contribution in [3.8, 4) is 5.75 Å². The van der Waals surface area contributed by atoms with E-state index in [1.54, 1.807) is 0 Å². The fourth-order valence-electron chi connectivity index (χ4n) is 2.55. The van der Waals surface area contributed by atoms with Gasteiger partial charge in [-0.1, -0.05) is 13.0 Å². The molecule has 0 radical (unpaired) electrons. The highest BCUT2D eigenvalue weighted by atomic mass is 16.5. The molecule has 0 amide bonds. The summed E-state index contributed by atoms with van der Waals surface area (Å²) in [4.78, 5) is 0. The van der Waals surface area contributed by atoms with Crippen molar-refractivity contribution >= 4 is 0 Å². The number of unbranched alkanes of at least 4 members (excludes halogenated alkanes) is 1. The lowest BCUT2D eigenvalue weighted by atomic mass is 10.1. The van der Waals surface area contributed by atoms with Gasteiger partial charge in [0.15, 0.2) is 0 Å². The molecule has 0 aromatic heterocycles. The van der Waals surface area contributed by atoms with E-state index in [4.69, 9.17) is 9.84 Å². The monoisotopic (exact) mass is 249 g/mol. The number of hydrogen-bond donors (Lipinski definition) is 2. The van der Waals surface area contributed by atoms with Crippen LogP contribution in [0.15, 0.2) is 18.2 Å². The van der Waals surface area contributed by atoms with E-state index in [-0.39, 0.29) is 6.61 Å². The average Bonchev–Trinajstić information content (AvgIpc) is 2.78. The van der Waals surface area contributed by atoms with Crippen molar-refractivity contribution in [3.05, 3.63) is 29.3 Å². The van der Waals surface area contributed by atoms with Gasteiger partial charge in [0, 0.05) is 12.6 Å². The minimum absolute atomic E-state index is 0.248. The maximum atomic E-state index is 8.71. The van der Waals surface area contributed by atoms with Crippen LogP contribution in [0.1, 0.15) is 43.4 Å². The van der Waals surface area contributed by atoms with Crippen molar-refractivity contribution in [1.82, 2.24) is 5.32 Å². The highest BCUT2D eigenvalue weighted by Gasteiger charge is 2.21. The van der Waals surface area contributed by atoms with Crippen LogP contribution in [0.5, 0.6) is 5.75 Å². The van der Waals surface area contributed by atoms with E-state index < -0.39 is 0 Å². The molecule has 1 aliphatic rings. The van der Waals surface area contributed by atoms with Gasteiger partial charge in [0.2, 0.25) is 0 Å². The van der Waals surface area contributed by atoms with E-state index in [1.807, 2.05) is 0 Å². The predicted octanol–water partition coefficient (Wildman–Crippen LogP) is 2.43. The molecule has 3 heteroatoms. The molecule has 1 unspecified atom stereocenters. The molecule has 0 aliphatic heterocycles. The third kappa shape index (κ3) is 3.24. The lowest BCUT2D eigenvalue weighted by Crippen LogP contribution is -2.18. The Hall–Kier alpha value is -1.06. The van der Waals surface area contributed by atoms with Crippen molar-refractivity contribution in [2.24, 2.45) is 0 Å². The van der Waals surface area contributed by atoms with Crippen LogP contribution in [0.25, 0.3) is 0 Å². The molecule has 1 atom stereocenters. The number of hydrogen-bond acceptors (Lipinski definition) is 3. The Kier molecular flexibility index (Phi) is 5.02. The van der Waals surface area contributed by atoms with E-state index in [0.717, 1.165) is 31.6 Å². The SMILES string of the molecule is CCNC1CCc2cc(OCCCCO)ccc21. The lowest BCUT2D eigenvalue weighted by molar-refractivity contribution is 0.253. The van der Waals surface area contributed by atoms with Crippen LogP contribution in [0.2, 0.25) is 0 Å². The molecule has 1 aromatic carbocycles. The number of nitrogens with one attached hydrogen (secondary N) is 1. The smallest absolute Gasteiger partial charge is 0.119 e. The Labute approximate surface area is 109 Å². The fourth-order valence-corrected chi connectivity index (χ4v) is 2.55. The van der Waals surface area contributed by atoms with Gasteiger partial charge in [-0.3, -0.25) is 0 Å². The van der Waals surface area contributed by atoms with Crippen LogP contribution in [0.3, 0.4) is 0 Å². The number of aliphatic hydroxyl groups excluding tert-OH is 1. The first-order valence-corrected chi connectivity index (χ1v) is 6.95. The summed E-state index contributed by atoms with van der Waals surface area (Å²) < 4.78 is 5.70. The van der Waals surface area contributed by atoms with E-state index in [1.165, 1.54) is 17.5 Å². The molecule has 0 fully saturated rings. The van der Waals surface area contributed by atoms with Crippen LogP contribution >= 0.6 is 0 Å². The molecule has 3 nitrogen and oxygen atoms in total. The molecule has 0 heterocycles. The van der Waals surface area contributed by atoms with E-state index in [9.17, 15) is 0 Å². The second-order valence-electron chi connectivity index (χ2n) is 4.79. The minimum atomic E-state index is 0.248. The standard InChI is InChI=1S/C15H23NO2/c1-2-16-15-8-5-12-11-13(6-7-14(12)15)18-10-4-3-9-17/h6-7,11,15-17H,2-5,8-10H2,1H3. The maximum Gasteiger partial charge on any atom is 0.119 e. The minimum Gasteiger partial charge on any atom is -0.494 e. The summed E-state index contributed by atoms with van der Waals surface area (Å²) in [6.07, 6.45) is 4.05. The zero-order valence-corrected chi connectivity index (χ0v) is 11.1. The number of aliphatic hydroxyl groups is 1. The van der Waals surface area contributed by atoms with Gasteiger partial charge in [0.1, 0.15) is 5.75 Å². The quantitative estimate of drug-likeness (QED) is 0.729. The molecule has 0 spiro atoms. The molecular formula is C15H23NO2. The normalized spacial score (nSPS) is 17.8. The van der Waals surface area contributed by atoms with Crippen molar-refractivity contribution in [2.45, 2.75) is 38.6 Å². The molecule has 0 bridgehead atoms. The van der Waals surface area contributed by atoms with Crippen LogP contribution in [-0.2, 0) is 6.42 Å². The molecule has 2 rings (SSSR count). The second kappa shape index (κ2) is 6.76. The second-order valence-corrected chi connectivity index (χ2v) is 4.79. The fraction of sp³-hybridized carbons (Fsp3) is 0.600. The molecule has 2 N–H and O–H groups in total. The van der Waals surface area contributed by atoms with E-state index in [2.05, 4.69) is 30.4 Å². The number of rotatable bonds is 7. The molecule has 0 saturated carbocycles. The van der Waals surface area contributed by atoms with Gasteiger partial charge in [-0.2, -0.15) is 0 Å². The van der Waals surface area contributed by atoms with Crippen LogP contribution in [0.4, 0.5) is 0 Å². The average molecular weight is 249 g/mol. The van der Waals surface area contributed by atoms with Gasteiger partial charge in [-0.25, -0.2) is 0 Å². The zero-order valence-electron chi connectivity index (χ0n) is 11.1. The summed E-state index contributed by atoms with van der Waals surface area (Å²) in [7, 11) is 0. The van der Waals surface area contributed by atoms with Crippen molar-refractivity contribution < 1.29 is 9.84 Å². The number of benzene rings is 1. The summed E-state index contributed by atoms with van der Waals surface area (Å²) >= 11 is 0. The van der Waals surface area contributed by atoms with Gasteiger partial charge in [-0.05, 0) is 55.5 Å². The van der Waals surface area contributed by atoms with Gasteiger partial charge >= 0.3 is 0 Å². The van der Waals surface area contributed by atoms with Gasteiger partial charge < -0.3 is 15.2 Å². The van der Waals surface area contributed by atoms with Crippen molar-refractivity contribution in [1.29, 1.82) is 0 Å². The maximum absolute atomic E-state index is 8.71. The first kappa shape index (κ1) is 13.4. The summed E-state index contributed by atoms with van der Waals surface area (Å²) in [5.74, 6) is 0.962. The van der Waals surface area contributed by atoms with Crippen LogP contribution in [-0.4, -0.2) is 24.9 Å². The molecule has 1 aromatic rings. The highest BCUT2D eigenvalue weighted by Crippen LogP contribution is 2.33. The molecule has 0 saturated heterocycles. The third-order valence-electron chi connectivity index (χ3n) is 3.46. The molecular weight excluding hydrogens is 226 g/mol. The Bertz CT molecular complexity index is 379. The van der Waals surface area contributed by atoms with Crippen molar-refractivity contribution in [2.75, 3.05) is 19.8 Å². The van der Waals surface area contributed by atoms with E-state index in [0.29, 0.717) is 12.6 Å². The summed E-state index contributed by atoms with van der Waals surface area (Å²) in [5, 5.41) is 12.2. The summed E-state index contributed by atoms with van der Waals surface area (Å²) in [6, 6.07) is 6.95. The molecule has 1 aliphatic carbocycles. The van der Waals surface area contributed by atoms with Gasteiger partial charge in [0.05, 0.1) is 6.61 Å². The van der Waals surface area contributed by atoms with Crippen LogP contribution < -0.4 is 10.1 Å². The highest BCUT2D eigenvalue weighted by molar-refractivity contribution is 5.40. The third-order valence-corrected chi connectivity index (χ3v) is 3.46. The summed E-state index contributed by atoms with van der Waals surface area (Å²) in [6.45, 7) is 4.11. The van der Waals surface area contributed by atoms with E-state index >= 15 is 0 Å². The number of aryl methyl sites for hydroxylation is 1. The summed E-state index contributed by atoms with van der Waals surface area (Å²) in [5.41, 5.74) is 2.85. The van der Waals surface area contributed by atoms with Gasteiger partial charge in [-0.15, -0.1) is 0 Å². The Morgan fingerprint density at radius 1 is 1.39 bits per heavy atom. The predicted molar refractivity (Wildman–Crippen MR) is 73.0 cm³/mol. The first-order chi connectivity index (χ1) is 8.85. The number of fused-ring (bicyclic) bond motifs is 1. The van der Waals surface area contributed by atoms with Crippen LogP contribution in [0, 0.1) is 0 Å². The first-order valence-electron chi connectivity index (χ1n) is 6.95. The molecule has 18 heavy (non-hydrogen) atoms. The van der Waals surface area contributed by atoms with Crippen molar-refractivity contribution in [3.63, 3.8) is 0 Å². The Balaban J connectivity index is 1.92. The topological polar surface area (TPSA) is 41.5 Å². The Morgan fingerprint density at radius 3 is 3.06 bits per heavy atom. The zero-order chi connectivity index (χ0) is 12.8. The Morgan fingerprint density at radius 2 is 2.28 bits per heavy atom. The molecule has 100 valence electrons. The largest absolute Gasteiger partial charge is 0.494 e. The lowest BCUT2D eigenvalue weighted by Gasteiger charge is -2.13. The van der Waals surface area contributed by atoms with Gasteiger partial charge in [0.25, 0.3) is 0 Å². The number of ether oxygens (including phenoxy) is 1.